The highest BCUT2D eigenvalue weighted by Crippen LogP contribution is 2.32. The van der Waals surface area contributed by atoms with Crippen LogP contribution in [-0.2, 0) is 10.0 Å². The van der Waals surface area contributed by atoms with Crippen molar-refractivity contribution in [3.63, 3.8) is 0 Å². The zero-order valence-electron chi connectivity index (χ0n) is 13.2. The normalized spacial score (nSPS) is 16.5. The molecule has 0 radical (unpaired) electrons. The van der Waals surface area contributed by atoms with Crippen LogP contribution < -0.4 is 9.62 Å². The molecule has 1 saturated heterocycles. The summed E-state index contributed by atoms with van der Waals surface area (Å²) in [5.41, 5.74) is 1.33. The molecule has 1 fully saturated rings. The summed E-state index contributed by atoms with van der Waals surface area (Å²) in [5.74, 6) is -0.240. The number of rotatable bonds is 3. The standard InChI is InChI=1S/C17H16BrClN2O3S/c18-13-5-1-2-6-15(13)20-17(22)12-7-8-14(19)16(11-12)21-9-3-4-10-25(21,23)24/h1-2,5-8,11H,3-4,9-10H2,(H,20,22). The Morgan fingerprint density at radius 3 is 2.64 bits per heavy atom. The summed E-state index contributed by atoms with van der Waals surface area (Å²) in [7, 11) is -3.40. The van der Waals surface area contributed by atoms with E-state index in [0.29, 0.717) is 34.9 Å². The Balaban J connectivity index is 1.91. The summed E-state index contributed by atoms with van der Waals surface area (Å²) >= 11 is 9.58. The largest absolute Gasteiger partial charge is 0.321 e. The second kappa shape index (κ2) is 7.35. The van der Waals surface area contributed by atoms with Gasteiger partial charge in [0.1, 0.15) is 0 Å². The van der Waals surface area contributed by atoms with E-state index in [1.54, 1.807) is 18.2 Å². The summed E-state index contributed by atoms with van der Waals surface area (Å²) in [6, 6.07) is 11.9. The predicted octanol–water partition coefficient (Wildman–Crippen LogP) is 4.28. The quantitative estimate of drug-likeness (QED) is 0.770. The smallest absolute Gasteiger partial charge is 0.255 e. The Hall–Kier alpha value is -1.57. The van der Waals surface area contributed by atoms with Crippen LogP contribution in [0.2, 0.25) is 5.02 Å². The van der Waals surface area contributed by atoms with E-state index in [0.717, 1.165) is 10.9 Å². The fraction of sp³-hybridized carbons (Fsp3) is 0.235. The summed E-state index contributed by atoms with van der Waals surface area (Å²) in [6.07, 6.45) is 1.40. The molecule has 1 aliphatic heterocycles. The van der Waals surface area contributed by atoms with Crippen LogP contribution in [0, 0.1) is 0 Å². The van der Waals surface area contributed by atoms with E-state index in [-0.39, 0.29) is 11.7 Å². The molecule has 0 aromatic heterocycles. The van der Waals surface area contributed by atoms with Gasteiger partial charge in [-0.15, -0.1) is 0 Å². The van der Waals surface area contributed by atoms with Crippen molar-refractivity contribution in [1.29, 1.82) is 0 Å². The number of hydrogen-bond donors (Lipinski definition) is 1. The number of nitrogens with one attached hydrogen (secondary N) is 1. The average Bonchev–Trinajstić information content (AvgIpc) is 2.57. The molecule has 3 rings (SSSR count). The van der Waals surface area contributed by atoms with Gasteiger partial charge in [0, 0.05) is 16.6 Å². The zero-order valence-corrected chi connectivity index (χ0v) is 16.4. The van der Waals surface area contributed by atoms with E-state index in [2.05, 4.69) is 21.2 Å². The lowest BCUT2D eigenvalue weighted by molar-refractivity contribution is 0.102. The first kappa shape index (κ1) is 18.2. The third kappa shape index (κ3) is 3.99. The van der Waals surface area contributed by atoms with Crippen LogP contribution >= 0.6 is 27.5 Å². The van der Waals surface area contributed by atoms with Gasteiger partial charge in [-0.2, -0.15) is 0 Å². The Labute approximate surface area is 160 Å². The van der Waals surface area contributed by atoms with E-state index >= 15 is 0 Å². The third-order valence-electron chi connectivity index (χ3n) is 3.95. The molecule has 5 nitrogen and oxygen atoms in total. The third-order valence-corrected chi connectivity index (χ3v) is 6.81. The first-order valence-corrected chi connectivity index (χ1v) is 10.5. The van der Waals surface area contributed by atoms with Gasteiger partial charge in [-0.25, -0.2) is 8.42 Å². The van der Waals surface area contributed by atoms with Gasteiger partial charge >= 0.3 is 0 Å². The van der Waals surface area contributed by atoms with E-state index in [1.807, 2.05) is 18.2 Å². The molecule has 1 N–H and O–H groups in total. The molecule has 0 saturated carbocycles. The molecule has 25 heavy (non-hydrogen) atoms. The molecule has 0 unspecified atom stereocenters. The number of hydrogen-bond acceptors (Lipinski definition) is 3. The summed E-state index contributed by atoms with van der Waals surface area (Å²) in [6.45, 7) is 0.372. The number of para-hydroxylation sites is 1. The molecule has 8 heteroatoms. The maximum atomic E-state index is 12.5. The van der Waals surface area contributed by atoms with Crippen LogP contribution in [0.3, 0.4) is 0 Å². The summed E-state index contributed by atoms with van der Waals surface area (Å²) in [4.78, 5) is 12.5. The van der Waals surface area contributed by atoms with Gasteiger partial charge in [-0.3, -0.25) is 9.10 Å². The first-order valence-electron chi connectivity index (χ1n) is 7.74. The number of carbonyl (C=O) groups is 1. The number of benzene rings is 2. The summed E-state index contributed by atoms with van der Waals surface area (Å²) in [5, 5.41) is 3.11. The molecule has 0 spiro atoms. The van der Waals surface area contributed by atoms with Crippen LogP contribution in [0.4, 0.5) is 11.4 Å². The van der Waals surface area contributed by atoms with E-state index in [9.17, 15) is 13.2 Å². The van der Waals surface area contributed by atoms with E-state index < -0.39 is 10.0 Å². The highest BCUT2D eigenvalue weighted by molar-refractivity contribution is 9.10. The van der Waals surface area contributed by atoms with Crippen molar-refractivity contribution in [3.8, 4) is 0 Å². The maximum absolute atomic E-state index is 12.5. The fourth-order valence-corrected chi connectivity index (χ4v) is 4.96. The van der Waals surface area contributed by atoms with Gasteiger partial charge in [0.15, 0.2) is 0 Å². The Morgan fingerprint density at radius 2 is 1.92 bits per heavy atom. The minimum absolute atomic E-state index is 0.0940. The Morgan fingerprint density at radius 1 is 1.16 bits per heavy atom. The minimum atomic E-state index is -3.40. The fourth-order valence-electron chi connectivity index (χ4n) is 2.66. The van der Waals surface area contributed by atoms with Crippen LogP contribution in [0.1, 0.15) is 23.2 Å². The number of amides is 1. The van der Waals surface area contributed by atoms with E-state index in [4.69, 9.17) is 11.6 Å². The van der Waals surface area contributed by atoms with Crippen molar-refractivity contribution in [2.24, 2.45) is 0 Å². The molecular weight excluding hydrogens is 428 g/mol. The van der Waals surface area contributed by atoms with Crippen LogP contribution in [0.5, 0.6) is 0 Å². The first-order chi connectivity index (χ1) is 11.9. The van der Waals surface area contributed by atoms with Crippen LogP contribution in [0.25, 0.3) is 0 Å². The molecule has 0 atom stereocenters. The zero-order chi connectivity index (χ0) is 18.0. The van der Waals surface area contributed by atoms with Gasteiger partial charge in [0.2, 0.25) is 10.0 Å². The lowest BCUT2D eigenvalue weighted by Crippen LogP contribution is -2.38. The molecule has 2 aromatic rings. The molecular formula is C17H16BrClN2O3S. The highest BCUT2D eigenvalue weighted by Gasteiger charge is 2.28. The Bertz CT molecular complexity index is 918. The van der Waals surface area contributed by atoms with Gasteiger partial charge in [-0.05, 0) is 59.1 Å². The van der Waals surface area contributed by atoms with Crippen LogP contribution in [0.15, 0.2) is 46.9 Å². The molecule has 0 bridgehead atoms. The number of anilines is 2. The number of nitrogens with zero attached hydrogens (tertiary/aromatic N) is 1. The summed E-state index contributed by atoms with van der Waals surface area (Å²) < 4.78 is 26.7. The van der Waals surface area contributed by atoms with Crippen molar-refractivity contribution in [2.45, 2.75) is 12.8 Å². The number of halogens is 2. The molecule has 0 aliphatic carbocycles. The van der Waals surface area contributed by atoms with Crippen LogP contribution in [-0.4, -0.2) is 26.6 Å². The van der Waals surface area contributed by atoms with Crippen molar-refractivity contribution in [2.75, 3.05) is 21.9 Å². The average molecular weight is 444 g/mol. The van der Waals surface area contributed by atoms with Crippen molar-refractivity contribution >= 4 is 54.8 Å². The lowest BCUT2D eigenvalue weighted by Gasteiger charge is -2.29. The Kier molecular flexibility index (Phi) is 5.36. The lowest BCUT2D eigenvalue weighted by atomic mass is 10.1. The number of carbonyl (C=O) groups excluding carboxylic acids is 1. The SMILES string of the molecule is O=C(Nc1ccccc1Br)c1ccc(Cl)c(N2CCCCS2(=O)=O)c1. The minimum Gasteiger partial charge on any atom is -0.321 e. The van der Waals surface area contributed by atoms with Gasteiger partial charge in [0.25, 0.3) is 5.91 Å². The molecule has 2 aromatic carbocycles. The number of sulfonamides is 1. The van der Waals surface area contributed by atoms with Gasteiger partial charge in [0.05, 0.1) is 22.2 Å². The van der Waals surface area contributed by atoms with Crippen molar-refractivity contribution in [1.82, 2.24) is 0 Å². The van der Waals surface area contributed by atoms with Gasteiger partial charge < -0.3 is 5.32 Å². The molecule has 132 valence electrons. The maximum Gasteiger partial charge on any atom is 0.255 e. The topological polar surface area (TPSA) is 66.5 Å². The van der Waals surface area contributed by atoms with Crippen molar-refractivity contribution in [3.05, 3.63) is 57.5 Å². The van der Waals surface area contributed by atoms with E-state index in [1.165, 1.54) is 10.4 Å². The molecule has 1 aliphatic rings. The second-order valence-electron chi connectivity index (χ2n) is 5.70. The predicted molar refractivity (Wildman–Crippen MR) is 104 cm³/mol. The van der Waals surface area contributed by atoms with Crippen molar-refractivity contribution < 1.29 is 13.2 Å². The van der Waals surface area contributed by atoms with Gasteiger partial charge in [-0.1, -0.05) is 23.7 Å². The monoisotopic (exact) mass is 442 g/mol. The second-order valence-corrected chi connectivity index (χ2v) is 8.97. The highest BCUT2D eigenvalue weighted by atomic mass is 79.9. The molecule has 1 heterocycles. The molecule has 1 amide bonds.